The highest BCUT2D eigenvalue weighted by Gasteiger charge is 2.38. The first-order chi connectivity index (χ1) is 56.3. The van der Waals surface area contributed by atoms with Crippen molar-refractivity contribution in [2.45, 2.75) is 151 Å². The van der Waals surface area contributed by atoms with Gasteiger partial charge in [0, 0.05) is 85.4 Å². The second kappa shape index (κ2) is 42.0. The summed E-state index contributed by atoms with van der Waals surface area (Å²) in [5.41, 5.74) is 16.5. The normalized spacial score (nSPS) is 16.8. The molecule has 6 N–H and O–H groups in total. The van der Waals surface area contributed by atoms with Crippen molar-refractivity contribution in [1.29, 1.82) is 0 Å². The van der Waals surface area contributed by atoms with Crippen LogP contribution >= 0.6 is 0 Å². The van der Waals surface area contributed by atoms with Gasteiger partial charge in [0.05, 0.1) is 83.6 Å². The lowest BCUT2D eigenvalue weighted by Crippen LogP contribution is -2.43. The lowest BCUT2D eigenvalue weighted by Gasteiger charge is -2.34. The predicted molar refractivity (Wildman–Crippen MR) is 451 cm³/mol. The molecule has 27 heteroatoms. The molecule has 0 unspecified atom stereocenters. The molecule has 4 aliphatic rings. The average Bonchev–Trinajstić information content (AvgIpc) is 0.796. The molecule has 8 aromatic rings. The third-order valence-electron chi connectivity index (χ3n) is 22.1. The van der Waals surface area contributed by atoms with Crippen molar-refractivity contribution in [2.24, 2.45) is 11.8 Å². The number of hydrogen-bond donors (Lipinski definition) is 5. The Morgan fingerprint density at radius 1 is 0.410 bits per heavy atom. The van der Waals surface area contributed by atoms with Crippen LogP contribution in [0.1, 0.15) is 188 Å². The van der Waals surface area contributed by atoms with Crippen molar-refractivity contribution in [3.63, 3.8) is 0 Å². The van der Waals surface area contributed by atoms with Crippen molar-refractivity contribution in [1.82, 2.24) is 8.61 Å². The lowest BCUT2D eigenvalue weighted by molar-refractivity contribution is -0.147. The number of nitrogens with one attached hydrogen (secondary N) is 3. The number of hydrogen-bond acceptors (Lipinski definition) is 19. The summed E-state index contributed by atoms with van der Waals surface area (Å²) in [6.45, 7) is 7.83. The number of piperidine rings is 2. The number of carbonyl (C=O) groups is 8. The Morgan fingerprint density at radius 2 is 0.778 bits per heavy atom. The van der Waals surface area contributed by atoms with Crippen LogP contribution in [0, 0.1) is 11.8 Å². The highest BCUT2D eigenvalue weighted by Crippen LogP contribution is 2.36. The minimum Gasteiger partial charge on any atom is -0.478 e. The molecular weight excluding hydrogens is 1530 g/mol. The van der Waals surface area contributed by atoms with Gasteiger partial charge in [0.25, 0.3) is 17.7 Å². The third-order valence-corrected chi connectivity index (χ3v) is 26.1. The number of aromatic carboxylic acids is 1. The van der Waals surface area contributed by atoms with Gasteiger partial charge in [-0.25, -0.2) is 31.2 Å². The fraction of sp³-hybridized carbons (Fsp3) is 0.378. The van der Waals surface area contributed by atoms with Crippen LogP contribution < -0.4 is 31.5 Å². The highest BCUT2D eigenvalue weighted by atomic mass is 32.2. The van der Waals surface area contributed by atoms with E-state index in [1.54, 1.807) is 62.4 Å². The number of nitrogens with zero attached hydrogens (tertiary/aromatic N) is 4. The first kappa shape index (κ1) is 88.1. The monoisotopic (exact) mass is 1630 g/mol. The molecule has 0 radical (unpaired) electrons. The van der Waals surface area contributed by atoms with Gasteiger partial charge in [-0.3, -0.25) is 24.0 Å². The molecule has 0 bridgehead atoms. The van der Waals surface area contributed by atoms with Crippen molar-refractivity contribution >= 4 is 102 Å². The Morgan fingerprint density at radius 3 is 1.16 bits per heavy atom. The fourth-order valence-corrected chi connectivity index (χ4v) is 18.9. The van der Waals surface area contributed by atoms with E-state index in [4.69, 9.17) is 29.8 Å². The van der Waals surface area contributed by atoms with E-state index in [9.17, 15) is 55.2 Å². The Labute approximate surface area is 685 Å². The van der Waals surface area contributed by atoms with E-state index < -0.39 is 37.8 Å². The molecule has 0 aromatic heterocycles. The van der Waals surface area contributed by atoms with Crippen LogP contribution in [0.2, 0.25) is 0 Å². The number of anilines is 6. The van der Waals surface area contributed by atoms with Gasteiger partial charge < -0.3 is 55.5 Å². The van der Waals surface area contributed by atoms with E-state index in [2.05, 4.69) is 25.8 Å². The summed E-state index contributed by atoms with van der Waals surface area (Å²) < 4.78 is 75.9. The topological polar surface area (TPSA) is 337 Å². The van der Waals surface area contributed by atoms with Crippen molar-refractivity contribution in [3.8, 4) is 0 Å². The van der Waals surface area contributed by atoms with Gasteiger partial charge in [-0.2, -0.15) is 8.61 Å². The van der Waals surface area contributed by atoms with Crippen LogP contribution in [0.5, 0.6) is 0 Å². The van der Waals surface area contributed by atoms with E-state index in [0.717, 1.165) is 105 Å². The number of rotatable bonds is 27. The maximum atomic E-state index is 14.0. The number of benzene rings is 8. The number of ether oxygens (including phenoxy) is 4. The molecule has 8 aromatic carbocycles. The first-order valence-electron chi connectivity index (χ1n) is 40.0. The van der Waals surface area contributed by atoms with Crippen LogP contribution in [0.25, 0.3) is 0 Å². The average molecular weight is 1640 g/mol. The van der Waals surface area contributed by atoms with Gasteiger partial charge in [-0.15, -0.1) is 0 Å². The highest BCUT2D eigenvalue weighted by molar-refractivity contribution is 7.89. The maximum Gasteiger partial charge on any atom is 0.337 e. The molecule has 3 amide bonds. The molecule has 4 fully saturated rings. The van der Waals surface area contributed by atoms with Crippen LogP contribution in [-0.2, 0) is 74.3 Å². The largest absolute Gasteiger partial charge is 0.478 e. The molecule has 117 heavy (non-hydrogen) atoms. The lowest BCUT2D eigenvalue weighted by atomic mass is 9.86. The van der Waals surface area contributed by atoms with Gasteiger partial charge in [-0.1, -0.05) is 74.5 Å². The Kier molecular flexibility index (Phi) is 31.7. The smallest absolute Gasteiger partial charge is 0.337 e. The molecule has 2 saturated carbocycles. The zero-order chi connectivity index (χ0) is 83.8. The molecule has 2 saturated heterocycles. The molecule has 2 aliphatic heterocycles. The molecule has 2 heterocycles. The molecule has 620 valence electrons. The Bertz CT molecular complexity index is 5000. The molecule has 0 atom stereocenters. The first-order valence-corrected chi connectivity index (χ1v) is 42.9. The second-order valence-corrected chi connectivity index (χ2v) is 33.3. The van der Waals surface area contributed by atoms with Crippen molar-refractivity contribution in [2.75, 3.05) is 99.2 Å². The molecule has 12 rings (SSSR count). The third kappa shape index (κ3) is 23.5. The minimum absolute atomic E-state index is 0.00424. The van der Waals surface area contributed by atoms with Crippen LogP contribution in [-0.4, -0.2) is 158 Å². The number of carboxylic acid groups (broad SMARTS) is 1. The summed E-state index contributed by atoms with van der Waals surface area (Å²) in [6, 6.07) is 52.2. The number of amides is 3. The van der Waals surface area contributed by atoms with Gasteiger partial charge in [0.15, 0.2) is 0 Å². The summed E-state index contributed by atoms with van der Waals surface area (Å²) >= 11 is 0. The summed E-state index contributed by atoms with van der Waals surface area (Å²) in [5, 5.41) is 17.9. The molecule has 2 aliphatic carbocycles. The predicted octanol–water partition coefficient (Wildman–Crippen LogP) is 14.7. The van der Waals surface area contributed by atoms with Crippen LogP contribution in [0.4, 0.5) is 34.1 Å². The number of aryl methyl sites for hydroxylation is 4. The quantitative estimate of drug-likeness (QED) is 0.0181. The van der Waals surface area contributed by atoms with E-state index >= 15 is 0 Å². The Balaban J connectivity index is 0.000000206. The standard InChI is InChI=1S/C45H52N4O8S.C28H31N3O3.C17H23NO6S/c1-4-49(37-23-19-34(20-24-37)45(53)57-3)58(54,55)39-10-8-9-35(29-39)42(50)47-41-26-25-38(48-27-6-5-7-28-48)30-40(41)43(51)46-36-21-15-32(16-22-36)12-11-31-13-17-33(18-14-31)44(52)56-2;1-34-28(33)22-11-7-20(8-12-22)5-6-21-9-13-23(14-10-21)30-27(32)25-19-24(15-16-26(25)29)31-17-3-2-4-18-31;1-3-18(14-9-7-12(8-10-14)17(21)24-2)25(22,23)15-6-4-5-13(11-15)16(19)20/h8-10,13-18,21-22,25-26,29-30,34,37H,4-7,11-12,19-20,23-24,27-28H2,1-3H3,(H,46,51)(H,47,50);7-16,19H,2-6,17-18,29H2,1H3,(H,30,32);4-6,11-12,14H,3,7-10H2,1-2H3,(H,19,20). The number of sulfonamides is 2. The van der Waals surface area contributed by atoms with E-state index in [1.807, 2.05) is 97.1 Å². The van der Waals surface area contributed by atoms with Crippen LogP contribution in [0.15, 0.2) is 192 Å². The Hall–Kier alpha value is -11.3. The number of nitrogens with two attached hydrogens (primary N) is 1. The molecule has 0 spiro atoms. The SMILES string of the molecule is CCN(C1CCC(C(=O)OC)CC1)S(=O)(=O)c1cccc(C(=O)Nc2ccc(N3CCCCC3)cc2C(=O)Nc2ccc(CCc3ccc(C(=O)OC)cc3)cc2)c1.CCN(C1CCC(C(=O)OC)CC1)S(=O)(=O)c1cccc(C(=O)O)c1.COC(=O)c1ccc(CCc2ccc(NC(=O)c3cc(N4CCCCC4)ccc3N)cc2)cc1. The van der Waals surface area contributed by atoms with E-state index in [0.29, 0.717) is 85.1 Å². The summed E-state index contributed by atoms with van der Waals surface area (Å²) in [4.78, 5) is 103. The zero-order valence-corrected chi connectivity index (χ0v) is 68.9. The second-order valence-electron chi connectivity index (χ2n) is 29.6. The number of carboxylic acids is 1. The minimum atomic E-state index is -3.97. The summed E-state index contributed by atoms with van der Waals surface area (Å²) in [6.07, 6.45) is 14.6. The van der Waals surface area contributed by atoms with Crippen molar-refractivity contribution < 1.29 is 79.2 Å². The molecule has 25 nitrogen and oxygen atoms in total. The van der Waals surface area contributed by atoms with Gasteiger partial charge >= 0.3 is 29.8 Å². The summed E-state index contributed by atoms with van der Waals surface area (Å²) in [7, 11) is -2.32. The van der Waals surface area contributed by atoms with E-state index in [1.165, 1.54) is 98.3 Å². The van der Waals surface area contributed by atoms with Crippen molar-refractivity contribution in [3.05, 3.63) is 238 Å². The van der Waals surface area contributed by atoms with E-state index in [-0.39, 0.29) is 93.3 Å². The van der Waals surface area contributed by atoms with Crippen LogP contribution in [0.3, 0.4) is 0 Å². The zero-order valence-electron chi connectivity index (χ0n) is 67.3. The number of methoxy groups -OCH3 is 4. The summed E-state index contributed by atoms with van der Waals surface area (Å²) in [5.74, 6) is -3.96. The molecular formula is C90H106N8O17S2. The number of carbonyl (C=O) groups excluding carboxylic acids is 7. The number of nitrogen functional groups attached to an aromatic ring is 1. The van der Waals surface area contributed by atoms with Gasteiger partial charge in [-0.05, 0) is 259 Å². The number of esters is 4. The van der Waals surface area contributed by atoms with Gasteiger partial charge in [0.2, 0.25) is 20.0 Å². The fourth-order valence-electron chi connectivity index (χ4n) is 15.4. The van der Waals surface area contributed by atoms with Gasteiger partial charge in [0.1, 0.15) is 0 Å². The maximum absolute atomic E-state index is 14.0.